The third kappa shape index (κ3) is 3.38. The van der Waals surface area contributed by atoms with E-state index in [0.29, 0.717) is 0 Å². The molecule has 0 radical (unpaired) electrons. The lowest BCUT2D eigenvalue weighted by Crippen LogP contribution is -2.10. The van der Waals surface area contributed by atoms with E-state index in [1.54, 1.807) is 11.1 Å². The van der Waals surface area contributed by atoms with E-state index in [1.807, 2.05) is 0 Å². The summed E-state index contributed by atoms with van der Waals surface area (Å²) in [5.41, 5.74) is 10.9. The summed E-state index contributed by atoms with van der Waals surface area (Å²) >= 11 is 0. The van der Waals surface area contributed by atoms with Crippen LogP contribution in [0.4, 0.5) is 17.1 Å². The second-order valence-corrected chi connectivity index (χ2v) is 10.2. The van der Waals surface area contributed by atoms with E-state index in [4.69, 9.17) is 0 Å². The van der Waals surface area contributed by atoms with Crippen LogP contribution in [0, 0.1) is 6.92 Å². The first-order valence-electron chi connectivity index (χ1n) is 12.8. The lowest BCUT2D eigenvalue weighted by Gasteiger charge is -2.28. The lowest BCUT2D eigenvalue weighted by molar-refractivity contribution is 0.714. The third-order valence-electron chi connectivity index (χ3n) is 8.14. The van der Waals surface area contributed by atoms with Crippen molar-refractivity contribution >= 4 is 27.8 Å². The van der Waals surface area contributed by atoms with Crippen LogP contribution in [0.3, 0.4) is 0 Å². The van der Waals surface area contributed by atoms with E-state index in [2.05, 4.69) is 121 Å². The van der Waals surface area contributed by atoms with E-state index < -0.39 is 0 Å². The SMILES string of the molecule is Cc1cc(-c2cc(N(c3ccccc3)c3ccccc3)c3ccccc3c2)cc2c1C1CCC2C1. The Hall–Kier alpha value is -3.84. The van der Waals surface area contributed by atoms with E-state index in [1.165, 1.54) is 63.8 Å². The zero-order valence-electron chi connectivity index (χ0n) is 20.1. The van der Waals surface area contributed by atoms with E-state index in [-0.39, 0.29) is 0 Å². The number of para-hydroxylation sites is 2. The minimum Gasteiger partial charge on any atom is -0.310 e. The van der Waals surface area contributed by atoms with Crippen molar-refractivity contribution < 1.29 is 0 Å². The average molecular weight is 452 g/mol. The van der Waals surface area contributed by atoms with Crippen molar-refractivity contribution in [3.63, 3.8) is 0 Å². The van der Waals surface area contributed by atoms with Crippen LogP contribution in [0.2, 0.25) is 0 Å². The highest BCUT2D eigenvalue weighted by Gasteiger charge is 2.38. The summed E-state index contributed by atoms with van der Waals surface area (Å²) in [5.74, 6) is 1.56. The Kier molecular flexibility index (Phi) is 4.77. The molecular weight excluding hydrogens is 422 g/mol. The number of fused-ring (bicyclic) bond motifs is 6. The molecule has 0 saturated heterocycles. The van der Waals surface area contributed by atoms with Crippen LogP contribution in [0.25, 0.3) is 21.9 Å². The molecule has 1 saturated carbocycles. The Morgan fingerprint density at radius 2 is 1.26 bits per heavy atom. The molecule has 0 spiro atoms. The molecule has 0 aromatic heterocycles. The van der Waals surface area contributed by atoms with Crippen LogP contribution in [0.5, 0.6) is 0 Å². The van der Waals surface area contributed by atoms with Crippen LogP contribution < -0.4 is 4.90 Å². The fourth-order valence-electron chi connectivity index (χ4n) is 6.64. The minimum atomic E-state index is 0.763. The van der Waals surface area contributed by atoms with Crippen molar-refractivity contribution in [3.8, 4) is 11.1 Å². The Morgan fingerprint density at radius 3 is 2.00 bits per heavy atom. The Labute approximate surface area is 207 Å². The second-order valence-electron chi connectivity index (χ2n) is 10.2. The summed E-state index contributed by atoms with van der Waals surface area (Å²) in [4.78, 5) is 2.40. The number of hydrogen-bond acceptors (Lipinski definition) is 1. The third-order valence-corrected chi connectivity index (χ3v) is 8.14. The van der Waals surface area contributed by atoms with Gasteiger partial charge in [0.1, 0.15) is 0 Å². The quantitative estimate of drug-likeness (QED) is 0.263. The molecule has 0 aliphatic heterocycles. The van der Waals surface area contributed by atoms with Gasteiger partial charge in [0.05, 0.1) is 5.69 Å². The molecule has 0 heterocycles. The highest BCUT2D eigenvalue weighted by atomic mass is 15.1. The zero-order valence-corrected chi connectivity index (χ0v) is 20.1. The Morgan fingerprint density at radius 1 is 0.629 bits per heavy atom. The first kappa shape index (κ1) is 20.5. The summed E-state index contributed by atoms with van der Waals surface area (Å²) in [7, 11) is 0. The van der Waals surface area contributed by atoms with Gasteiger partial charge in [-0.05, 0) is 108 Å². The van der Waals surface area contributed by atoms with Gasteiger partial charge in [-0.25, -0.2) is 0 Å². The van der Waals surface area contributed by atoms with Crippen molar-refractivity contribution in [2.24, 2.45) is 0 Å². The number of nitrogens with zero attached hydrogens (tertiary/aromatic N) is 1. The molecule has 35 heavy (non-hydrogen) atoms. The van der Waals surface area contributed by atoms with Gasteiger partial charge in [0, 0.05) is 16.8 Å². The predicted octanol–water partition coefficient (Wildman–Crippen LogP) is 9.65. The maximum absolute atomic E-state index is 2.51. The molecule has 1 heteroatoms. The van der Waals surface area contributed by atoms with Crippen LogP contribution in [0.1, 0.15) is 47.8 Å². The number of hydrogen-bond donors (Lipinski definition) is 0. The number of rotatable bonds is 4. The van der Waals surface area contributed by atoms with Crippen LogP contribution >= 0.6 is 0 Å². The standard InChI is InChI=1S/C34H29N/c1-23-18-27(21-32-25-16-17-26(19-25)34(23)32)28-20-24-10-8-9-15-31(24)33(22-28)35(29-11-4-2-5-12-29)30-13-6-3-7-14-30/h2-15,18,20-22,25-26H,16-17,19H2,1H3. The number of benzene rings is 5. The summed E-state index contributed by atoms with van der Waals surface area (Å²) in [6, 6.07) is 40.0. The molecule has 7 rings (SSSR count). The normalized spacial score (nSPS) is 18.1. The van der Waals surface area contributed by atoms with E-state index in [9.17, 15) is 0 Å². The fourth-order valence-corrected chi connectivity index (χ4v) is 6.64. The Balaban J connectivity index is 1.47. The van der Waals surface area contributed by atoms with Gasteiger partial charge in [-0.15, -0.1) is 0 Å². The monoisotopic (exact) mass is 451 g/mol. The molecule has 5 aromatic rings. The largest absolute Gasteiger partial charge is 0.310 e. The van der Waals surface area contributed by atoms with Crippen molar-refractivity contribution in [2.45, 2.75) is 38.0 Å². The van der Waals surface area contributed by atoms with Gasteiger partial charge in [0.25, 0.3) is 0 Å². The molecule has 2 atom stereocenters. The van der Waals surface area contributed by atoms with Gasteiger partial charge < -0.3 is 4.90 Å². The second kappa shape index (κ2) is 8.13. The summed E-state index contributed by atoms with van der Waals surface area (Å²) < 4.78 is 0. The first-order valence-corrected chi connectivity index (χ1v) is 12.8. The van der Waals surface area contributed by atoms with Gasteiger partial charge in [0.15, 0.2) is 0 Å². The highest BCUT2D eigenvalue weighted by Crippen LogP contribution is 2.55. The van der Waals surface area contributed by atoms with Crippen molar-refractivity contribution in [1.29, 1.82) is 0 Å². The van der Waals surface area contributed by atoms with Gasteiger partial charge in [-0.3, -0.25) is 0 Å². The van der Waals surface area contributed by atoms with Crippen LogP contribution in [0.15, 0.2) is 109 Å². The maximum Gasteiger partial charge on any atom is 0.0546 e. The molecule has 0 N–H and O–H groups in total. The molecule has 2 bridgehead atoms. The predicted molar refractivity (Wildman–Crippen MR) is 148 cm³/mol. The fraction of sp³-hybridized carbons (Fsp3) is 0.176. The van der Waals surface area contributed by atoms with Crippen LogP contribution in [-0.4, -0.2) is 0 Å². The molecule has 1 nitrogen and oxygen atoms in total. The minimum absolute atomic E-state index is 0.763. The molecule has 2 aliphatic rings. The van der Waals surface area contributed by atoms with Crippen molar-refractivity contribution in [3.05, 3.63) is 126 Å². The molecule has 2 unspecified atom stereocenters. The van der Waals surface area contributed by atoms with Crippen molar-refractivity contribution in [1.82, 2.24) is 0 Å². The average Bonchev–Trinajstić information content (AvgIpc) is 3.53. The van der Waals surface area contributed by atoms with Gasteiger partial charge in [-0.1, -0.05) is 72.8 Å². The molecular formula is C34H29N. The lowest BCUT2D eigenvalue weighted by atomic mass is 9.85. The molecule has 0 amide bonds. The number of aryl methyl sites for hydroxylation is 1. The maximum atomic E-state index is 2.51. The van der Waals surface area contributed by atoms with E-state index >= 15 is 0 Å². The smallest absolute Gasteiger partial charge is 0.0546 e. The number of anilines is 3. The highest BCUT2D eigenvalue weighted by molar-refractivity contribution is 6.02. The summed E-state index contributed by atoms with van der Waals surface area (Å²) in [6.07, 6.45) is 4.10. The first-order chi connectivity index (χ1) is 17.3. The Bertz CT molecular complexity index is 1490. The van der Waals surface area contributed by atoms with Gasteiger partial charge in [-0.2, -0.15) is 0 Å². The summed E-state index contributed by atoms with van der Waals surface area (Å²) in [5, 5.41) is 2.54. The van der Waals surface area contributed by atoms with Gasteiger partial charge in [0.2, 0.25) is 0 Å². The summed E-state index contributed by atoms with van der Waals surface area (Å²) in [6.45, 7) is 2.32. The van der Waals surface area contributed by atoms with Crippen LogP contribution in [-0.2, 0) is 0 Å². The zero-order chi connectivity index (χ0) is 23.4. The molecule has 1 fully saturated rings. The molecule has 2 aliphatic carbocycles. The van der Waals surface area contributed by atoms with Crippen molar-refractivity contribution in [2.75, 3.05) is 4.90 Å². The molecule has 170 valence electrons. The molecule has 5 aromatic carbocycles. The van der Waals surface area contributed by atoms with Gasteiger partial charge >= 0.3 is 0 Å². The topological polar surface area (TPSA) is 3.24 Å². The van der Waals surface area contributed by atoms with E-state index in [0.717, 1.165) is 11.8 Å².